The molecule has 0 N–H and O–H groups in total. The average Bonchev–Trinajstić information content (AvgIpc) is 2.67. The van der Waals surface area contributed by atoms with Crippen LogP contribution in [0, 0.1) is 5.92 Å². The molecule has 26 heavy (non-hydrogen) atoms. The molecule has 0 amide bonds. The summed E-state index contributed by atoms with van der Waals surface area (Å²) in [7, 11) is -0.0619. The van der Waals surface area contributed by atoms with Crippen LogP contribution in [0.3, 0.4) is 0 Å². The Morgan fingerprint density at radius 3 is 2.38 bits per heavy atom. The molecule has 0 radical (unpaired) electrons. The molecule has 1 aromatic rings. The zero-order valence-corrected chi connectivity index (χ0v) is 17.3. The second kappa shape index (κ2) is 8.30. The number of methoxy groups -OCH3 is 1. The molecule has 4 nitrogen and oxygen atoms in total. The summed E-state index contributed by atoms with van der Waals surface area (Å²) in [6.45, 7) is 2.06. The lowest BCUT2D eigenvalue weighted by Gasteiger charge is -2.31. The van der Waals surface area contributed by atoms with E-state index in [1.54, 1.807) is 24.5 Å². The van der Waals surface area contributed by atoms with E-state index in [2.05, 4.69) is 6.92 Å². The van der Waals surface area contributed by atoms with Crippen molar-refractivity contribution in [3.8, 4) is 5.75 Å². The molecule has 2 aliphatic rings. The highest BCUT2D eigenvalue weighted by Gasteiger charge is 2.31. The average molecular weight is 380 g/mol. The highest BCUT2D eigenvalue weighted by Crippen LogP contribution is 2.36. The quantitative estimate of drug-likeness (QED) is 0.728. The van der Waals surface area contributed by atoms with Gasteiger partial charge in [-0.3, -0.25) is 0 Å². The Labute approximate surface area is 159 Å². The molecule has 1 fully saturated rings. The van der Waals surface area contributed by atoms with Crippen molar-refractivity contribution >= 4 is 10.0 Å². The Morgan fingerprint density at radius 1 is 1.08 bits per heavy atom. The Bertz CT molecular complexity index is 723. The number of rotatable bonds is 6. The van der Waals surface area contributed by atoms with Crippen molar-refractivity contribution in [2.24, 2.45) is 5.92 Å². The van der Waals surface area contributed by atoms with Gasteiger partial charge in [-0.15, -0.1) is 0 Å². The van der Waals surface area contributed by atoms with Crippen LogP contribution in [0.1, 0.15) is 69.4 Å². The molecule has 1 saturated carbocycles. The van der Waals surface area contributed by atoms with Gasteiger partial charge >= 0.3 is 0 Å². The molecule has 5 heteroatoms. The molecule has 0 saturated heterocycles. The van der Waals surface area contributed by atoms with Gasteiger partial charge in [0.1, 0.15) is 5.75 Å². The second-order valence-electron chi connectivity index (χ2n) is 8.04. The van der Waals surface area contributed by atoms with E-state index >= 15 is 0 Å². The minimum absolute atomic E-state index is 0.0319. The van der Waals surface area contributed by atoms with E-state index in [1.165, 1.54) is 32.1 Å². The molecule has 0 aromatic heterocycles. The van der Waals surface area contributed by atoms with Crippen molar-refractivity contribution in [1.29, 1.82) is 0 Å². The second-order valence-corrected chi connectivity index (χ2v) is 10.0. The van der Waals surface area contributed by atoms with E-state index in [0.29, 0.717) is 10.8 Å². The van der Waals surface area contributed by atoms with Gasteiger partial charge < -0.3 is 4.74 Å². The Hall–Kier alpha value is -1.07. The third-order valence-electron chi connectivity index (χ3n) is 6.35. The van der Waals surface area contributed by atoms with Gasteiger partial charge in [-0.2, -0.15) is 4.31 Å². The summed E-state index contributed by atoms with van der Waals surface area (Å²) in [6.07, 6.45) is 11.2. The van der Waals surface area contributed by atoms with Crippen LogP contribution >= 0.6 is 0 Å². The van der Waals surface area contributed by atoms with Crippen LogP contribution in [0.4, 0.5) is 0 Å². The summed E-state index contributed by atoms with van der Waals surface area (Å²) in [6, 6.07) is 3.61. The monoisotopic (exact) mass is 379 g/mol. The molecule has 0 spiro atoms. The minimum Gasteiger partial charge on any atom is -0.496 e. The largest absolute Gasteiger partial charge is 0.496 e. The lowest BCUT2D eigenvalue weighted by molar-refractivity contribution is 0.267. The first kappa shape index (κ1) is 19.7. The van der Waals surface area contributed by atoms with E-state index in [-0.39, 0.29) is 6.04 Å². The standard InChI is InChI=1S/C21H33NO3S/c1-16(15-17-9-5-4-6-10-17)22(2)26(23,24)21-14-13-20(25-3)18-11-7-8-12-19(18)21/h13-14,16-17H,4-12,15H2,1-3H3/t16-/m0/s1. The summed E-state index contributed by atoms with van der Waals surface area (Å²) >= 11 is 0. The van der Waals surface area contributed by atoms with Crippen molar-refractivity contribution in [3.05, 3.63) is 23.3 Å². The molecule has 1 aromatic carbocycles. The maximum Gasteiger partial charge on any atom is 0.243 e. The van der Waals surface area contributed by atoms with Gasteiger partial charge in [-0.05, 0) is 68.2 Å². The third-order valence-corrected chi connectivity index (χ3v) is 8.40. The van der Waals surface area contributed by atoms with Crippen LogP contribution in [0.15, 0.2) is 17.0 Å². The number of fused-ring (bicyclic) bond motifs is 1. The Balaban J connectivity index is 1.85. The summed E-state index contributed by atoms with van der Waals surface area (Å²) in [5.74, 6) is 1.50. The van der Waals surface area contributed by atoms with E-state index in [0.717, 1.165) is 49.0 Å². The van der Waals surface area contributed by atoms with E-state index in [1.807, 2.05) is 6.07 Å². The number of hydrogen-bond acceptors (Lipinski definition) is 3. The predicted octanol–water partition coefficient (Wildman–Crippen LogP) is 4.55. The number of hydrogen-bond donors (Lipinski definition) is 0. The molecule has 146 valence electrons. The van der Waals surface area contributed by atoms with Crippen molar-refractivity contribution in [3.63, 3.8) is 0 Å². The molecule has 3 rings (SSSR count). The number of sulfonamides is 1. The number of nitrogens with zero attached hydrogens (tertiary/aromatic N) is 1. The molecule has 0 bridgehead atoms. The van der Waals surface area contributed by atoms with Crippen LogP contribution in [-0.4, -0.2) is 32.9 Å². The van der Waals surface area contributed by atoms with Gasteiger partial charge in [-0.1, -0.05) is 32.1 Å². The van der Waals surface area contributed by atoms with Crippen LogP contribution in [-0.2, 0) is 22.9 Å². The first-order valence-electron chi connectivity index (χ1n) is 10.1. The van der Waals surface area contributed by atoms with Gasteiger partial charge in [0.05, 0.1) is 12.0 Å². The normalized spacial score (nSPS) is 20.0. The van der Waals surface area contributed by atoms with Gasteiger partial charge in [0.15, 0.2) is 0 Å². The summed E-state index contributed by atoms with van der Waals surface area (Å²) in [5, 5.41) is 0. The van der Waals surface area contributed by atoms with Crippen LogP contribution in [0.25, 0.3) is 0 Å². The number of benzene rings is 1. The fourth-order valence-electron chi connectivity index (χ4n) is 4.68. The third kappa shape index (κ3) is 3.94. The first-order valence-corrected chi connectivity index (χ1v) is 11.6. The maximum absolute atomic E-state index is 13.4. The van der Waals surface area contributed by atoms with Crippen molar-refractivity contribution < 1.29 is 13.2 Å². The maximum atomic E-state index is 13.4. The predicted molar refractivity (Wildman–Crippen MR) is 105 cm³/mol. The van der Waals surface area contributed by atoms with Crippen LogP contribution < -0.4 is 4.74 Å². The molecule has 1 atom stereocenters. The highest BCUT2D eigenvalue weighted by molar-refractivity contribution is 7.89. The fraction of sp³-hybridized carbons (Fsp3) is 0.714. The number of ether oxygens (including phenoxy) is 1. The minimum atomic E-state index is -3.48. The van der Waals surface area contributed by atoms with Gasteiger partial charge in [0, 0.05) is 13.1 Å². The SMILES string of the molecule is COc1ccc(S(=O)(=O)N(C)[C@@H](C)CC2CCCCC2)c2c1CCCC2. The Kier molecular flexibility index (Phi) is 6.29. The highest BCUT2D eigenvalue weighted by atomic mass is 32.2. The molecular formula is C21H33NO3S. The van der Waals surface area contributed by atoms with Gasteiger partial charge in [0.2, 0.25) is 10.0 Å². The van der Waals surface area contributed by atoms with Gasteiger partial charge in [-0.25, -0.2) is 8.42 Å². The van der Waals surface area contributed by atoms with Crippen molar-refractivity contribution in [2.45, 2.75) is 82.1 Å². The van der Waals surface area contributed by atoms with Crippen molar-refractivity contribution in [2.75, 3.05) is 14.2 Å². The zero-order chi connectivity index (χ0) is 18.7. The molecule has 0 unspecified atom stereocenters. The van der Waals surface area contributed by atoms with E-state index in [4.69, 9.17) is 4.74 Å². The van der Waals surface area contributed by atoms with Crippen LogP contribution in [0.5, 0.6) is 5.75 Å². The molecular weight excluding hydrogens is 346 g/mol. The topological polar surface area (TPSA) is 46.6 Å². The fourth-order valence-corrected chi connectivity index (χ4v) is 6.33. The lowest BCUT2D eigenvalue weighted by Crippen LogP contribution is -2.37. The van der Waals surface area contributed by atoms with E-state index < -0.39 is 10.0 Å². The molecule has 0 heterocycles. The van der Waals surface area contributed by atoms with Crippen molar-refractivity contribution in [1.82, 2.24) is 4.31 Å². The summed E-state index contributed by atoms with van der Waals surface area (Å²) in [5.41, 5.74) is 2.07. The Morgan fingerprint density at radius 2 is 1.73 bits per heavy atom. The lowest BCUT2D eigenvalue weighted by atomic mass is 9.85. The summed E-state index contributed by atoms with van der Waals surface area (Å²) < 4.78 is 33.8. The first-order chi connectivity index (χ1) is 12.4. The molecule has 0 aliphatic heterocycles. The van der Waals surface area contributed by atoms with Gasteiger partial charge in [0.25, 0.3) is 0 Å². The van der Waals surface area contributed by atoms with E-state index in [9.17, 15) is 8.42 Å². The zero-order valence-electron chi connectivity index (χ0n) is 16.5. The molecule has 2 aliphatic carbocycles. The smallest absolute Gasteiger partial charge is 0.243 e. The summed E-state index contributed by atoms with van der Waals surface area (Å²) in [4.78, 5) is 0.492. The van der Waals surface area contributed by atoms with Crippen LogP contribution in [0.2, 0.25) is 0 Å².